The Hall–Kier alpha value is -1.57. The summed E-state index contributed by atoms with van der Waals surface area (Å²) >= 11 is 0. The lowest BCUT2D eigenvalue weighted by Gasteiger charge is -2.26. The summed E-state index contributed by atoms with van der Waals surface area (Å²) in [6.07, 6.45) is 10.7. The molecule has 1 aromatic heterocycles. The molecule has 2 fully saturated rings. The van der Waals surface area contributed by atoms with Crippen molar-refractivity contribution in [3.8, 4) is 5.69 Å². The van der Waals surface area contributed by atoms with Gasteiger partial charge in [-0.2, -0.15) is 5.10 Å². The molecule has 2 heterocycles. The van der Waals surface area contributed by atoms with Gasteiger partial charge < -0.3 is 10.2 Å². The number of rotatable bonds is 3. The van der Waals surface area contributed by atoms with Crippen molar-refractivity contribution in [2.45, 2.75) is 38.6 Å². The minimum Gasteiger partial charge on any atom is -0.352 e. The summed E-state index contributed by atoms with van der Waals surface area (Å²) in [5.41, 5.74) is 2.91. The van der Waals surface area contributed by atoms with Crippen LogP contribution in [0.2, 0.25) is 0 Å². The first kappa shape index (κ1) is 19.2. The highest BCUT2D eigenvalue weighted by Crippen LogP contribution is 2.45. The minimum absolute atomic E-state index is 0. The van der Waals surface area contributed by atoms with Crippen molar-refractivity contribution in [3.63, 3.8) is 0 Å². The van der Waals surface area contributed by atoms with Gasteiger partial charge in [-0.15, -0.1) is 24.0 Å². The van der Waals surface area contributed by atoms with Gasteiger partial charge in [0.25, 0.3) is 0 Å². The standard InChI is InChI=1S/C20H27N5.HI/c1-21-19(24-14-11-20(16-24)9-2-3-10-20)22-15-17-5-7-18(8-6-17)25-13-4-12-23-25;/h4-8,12-13H,2-3,9-11,14-16H2,1H3,(H,21,22);1H. The summed E-state index contributed by atoms with van der Waals surface area (Å²) in [4.78, 5) is 6.96. The van der Waals surface area contributed by atoms with Crippen molar-refractivity contribution in [2.75, 3.05) is 20.1 Å². The second-order valence-electron chi connectivity index (χ2n) is 7.40. The molecule has 26 heavy (non-hydrogen) atoms. The van der Waals surface area contributed by atoms with Gasteiger partial charge in [-0.1, -0.05) is 25.0 Å². The molecule has 1 aliphatic carbocycles. The quantitative estimate of drug-likeness (QED) is 0.426. The van der Waals surface area contributed by atoms with Crippen LogP contribution in [0.3, 0.4) is 0 Å². The Bertz CT molecular complexity index is 717. The Labute approximate surface area is 172 Å². The molecule has 5 nitrogen and oxygen atoms in total. The molecule has 1 aromatic carbocycles. The molecule has 1 aliphatic heterocycles. The minimum atomic E-state index is 0. The van der Waals surface area contributed by atoms with Gasteiger partial charge in [0, 0.05) is 39.1 Å². The monoisotopic (exact) mass is 465 g/mol. The molecule has 0 bridgehead atoms. The fourth-order valence-electron chi connectivity index (χ4n) is 4.35. The zero-order valence-corrected chi connectivity index (χ0v) is 17.7. The highest BCUT2D eigenvalue weighted by molar-refractivity contribution is 14.0. The smallest absolute Gasteiger partial charge is 0.193 e. The van der Waals surface area contributed by atoms with Crippen molar-refractivity contribution in [3.05, 3.63) is 48.3 Å². The largest absolute Gasteiger partial charge is 0.352 e. The average Bonchev–Trinajstić information content (AvgIpc) is 3.40. The van der Waals surface area contributed by atoms with E-state index in [9.17, 15) is 0 Å². The molecule has 1 spiro atoms. The fourth-order valence-corrected chi connectivity index (χ4v) is 4.35. The average molecular weight is 465 g/mol. The van der Waals surface area contributed by atoms with Gasteiger partial charge in [0.2, 0.25) is 0 Å². The van der Waals surface area contributed by atoms with Crippen LogP contribution in [-0.2, 0) is 6.54 Å². The van der Waals surface area contributed by atoms with E-state index in [0.29, 0.717) is 5.41 Å². The maximum atomic E-state index is 4.52. The van der Waals surface area contributed by atoms with E-state index in [1.807, 2.05) is 24.0 Å². The lowest BCUT2D eigenvalue weighted by molar-refractivity contribution is 0.309. The molecule has 1 N–H and O–H groups in total. The topological polar surface area (TPSA) is 45.5 Å². The lowest BCUT2D eigenvalue weighted by atomic mass is 9.86. The fraction of sp³-hybridized carbons (Fsp3) is 0.500. The van der Waals surface area contributed by atoms with Crippen LogP contribution in [0.5, 0.6) is 0 Å². The Kier molecular flexibility index (Phi) is 6.21. The van der Waals surface area contributed by atoms with Gasteiger partial charge in [-0.25, -0.2) is 4.68 Å². The van der Waals surface area contributed by atoms with Gasteiger partial charge in [0.1, 0.15) is 0 Å². The molecule has 140 valence electrons. The molecular formula is C20H28IN5. The molecule has 0 atom stereocenters. The van der Waals surface area contributed by atoms with Crippen LogP contribution in [0.15, 0.2) is 47.7 Å². The Morgan fingerprint density at radius 1 is 1.19 bits per heavy atom. The van der Waals surface area contributed by atoms with Crippen LogP contribution in [0.1, 0.15) is 37.7 Å². The normalized spacial score (nSPS) is 19.0. The Balaban J connectivity index is 0.00000196. The van der Waals surface area contributed by atoms with Crippen molar-refractivity contribution in [1.82, 2.24) is 20.0 Å². The van der Waals surface area contributed by atoms with Gasteiger partial charge in [0.05, 0.1) is 5.69 Å². The van der Waals surface area contributed by atoms with E-state index in [2.05, 4.69) is 44.6 Å². The van der Waals surface area contributed by atoms with E-state index in [1.165, 1.54) is 44.2 Å². The Morgan fingerprint density at radius 2 is 1.96 bits per heavy atom. The number of halogens is 1. The summed E-state index contributed by atoms with van der Waals surface area (Å²) in [6, 6.07) is 10.5. The number of nitrogens with zero attached hydrogens (tertiary/aromatic N) is 4. The molecule has 2 aromatic rings. The predicted molar refractivity (Wildman–Crippen MR) is 116 cm³/mol. The van der Waals surface area contributed by atoms with Crippen LogP contribution in [0.25, 0.3) is 5.69 Å². The molecule has 0 unspecified atom stereocenters. The predicted octanol–water partition coefficient (Wildman–Crippen LogP) is 3.83. The van der Waals surface area contributed by atoms with Crippen LogP contribution in [0, 0.1) is 5.41 Å². The first-order valence-corrected chi connectivity index (χ1v) is 9.33. The molecule has 0 radical (unpaired) electrons. The van der Waals surface area contributed by atoms with E-state index < -0.39 is 0 Å². The highest BCUT2D eigenvalue weighted by atomic mass is 127. The summed E-state index contributed by atoms with van der Waals surface area (Å²) in [6.45, 7) is 3.11. The van der Waals surface area contributed by atoms with Crippen molar-refractivity contribution < 1.29 is 0 Å². The van der Waals surface area contributed by atoms with Gasteiger partial charge in [-0.05, 0) is 48.4 Å². The summed E-state index contributed by atoms with van der Waals surface area (Å²) < 4.78 is 1.88. The zero-order valence-electron chi connectivity index (χ0n) is 15.4. The van der Waals surface area contributed by atoms with Crippen LogP contribution in [-0.4, -0.2) is 40.8 Å². The molecule has 1 saturated carbocycles. The SMILES string of the molecule is CN=C(NCc1ccc(-n2cccn2)cc1)N1CCC2(CCCC2)C1.I. The van der Waals surface area contributed by atoms with Crippen molar-refractivity contribution in [2.24, 2.45) is 10.4 Å². The van der Waals surface area contributed by atoms with E-state index >= 15 is 0 Å². The second kappa shape index (κ2) is 8.41. The third kappa shape index (κ3) is 4.05. The summed E-state index contributed by atoms with van der Waals surface area (Å²) in [5.74, 6) is 1.04. The first-order chi connectivity index (χ1) is 12.3. The zero-order chi connectivity index (χ0) is 17.1. The molecule has 0 amide bonds. The third-order valence-corrected chi connectivity index (χ3v) is 5.77. The number of aromatic nitrogens is 2. The van der Waals surface area contributed by atoms with E-state index in [-0.39, 0.29) is 24.0 Å². The first-order valence-electron chi connectivity index (χ1n) is 9.33. The Morgan fingerprint density at radius 3 is 2.62 bits per heavy atom. The second-order valence-corrected chi connectivity index (χ2v) is 7.40. The summed E-state index contributed by atoms with van der Waals surface area (Å²) in [7, 11) is 1.89. The van der Waals surface area contributed by atoms with Crippen molar-refractivity contribution >= 4 is 29.9 Å². The van der Waals surface area contributed by atoms with Crippen LogP contribution < -0.4 is 5.32 Å². The number of nitrogens with one attached hydrogen (secondary N) is 1. The van der Waals surface area contributed by atoms with Gasteiger partial charge >= 0.3 is 0 Å². The molecule has 6 heteroatoms. The summed E-state index contributed by atoms with van der Waals surface area (Å²) in [5, 5.41) is 7.81. The lowest BCUT2D eigenvalue weighted by Crippen LogP contribution is -2.40. The molecule has 4 rings (SSSR count). The van der Waals surface area contributed by atoms with Crippen LogP contribution >= 0.6 is 24.0 Å². The maximum Gasteiger partial charge on any atom is 0.193 e. The molecule has 2 aliphatic rings. The number of guanidine groups is 1. The van der Waals surface area contributed by atoms with Gasteiger partial charge in [-0.3, -0.25) is 4.99 Å². The van der Waals surface area contributed by atoms with Crippen LogP contribution in [0.4, 0.5) is 0 Å². The molecule has 1 saturated heterocycles. The van der Waals surface area contributed by atoms with Crippen molar-refractivity contribution in [1.29, 1.82) is 0 Å². The number of hydrogen-bond donors (Lipinski definition) is 1. The number of hydrogen-bond acceptors (Lipinski definition) is 2. The third-order valence-electron chi connectivity index (χ3n) is 5.77. The number of benzene rings is 1. The van der Waals surface area contributed by atoms with E-state index in [1.54, 1.807) is 6.20 Å². The highest BCUT2D eigenvalue weighted by Gasteiger charge is 2.40. The molecular weight excluding hydrogens is 437 g/mol. The van der Waals surface area contributed by atoms with E-state index in [0.717, 1.165) is 24.7 Å². The maximum absolute atomic E-state index is 4.52. The number of likely N-dealkylation sites (tertiary alicyclic amines) is 1. The number of aliphatic imine (C=N–C) groups is 1. The van der Waals surface area contributed by atoms with Gasteiger partial charge in [0.15, 0.2) is 5.96 Å². The van der Waals surface area contributed by atoms with E-state index in [4.69, 9.17) is 0 Å².